The summed E-state index contributed by atoms with van der Waals surface area (Å²) in [7, 11) is -3.45. The molecular weight excluding hydrogens is 254 g/mol. The first-order valence-corrected chi connectivity index (χ1v) is 7.06. The van der Waals surface area contributed by atoms with Gasteiger partial charge in [-0.2, -0.15) is 8.42 Å². The maximum atomic E-state index is 11.2. The molecule has 0 aliphatic rings. The van der Waals surface area contributed by atoms with Gasteiger partial charge in [0.1, 0.15) is 12.3 Å². The van der Waals surface area contributed by atoms with Crippen LogP contribution in [0.4, 0.5) is 0 Å². The Morgan fingerprint density at radius 1 is 1.28 bits per heavy atom. The molecule has 96 valence electrons. The number of rotatable bonds is 5. The van der Waals surface area contributed by atoms with Gasteiger partial charge in [-0.15, -0.1) is 0 Å². The van der Waals surface area contributed by atoms with E-state index >= 15 is 0 Å². The van der Waals surface area contributed by atoms with E-state index in [4.69, 9.17) is 8.71 Å². The predicted octanol–water partition coefficient (Wildman–Crippen LogP) is 2.21. The van der Waals surface area contributed by atoms with Crippen LogP contribution in [-0.2, 0) is 20.9 Å². The molecule has 18 heavy (non-hydrogen) atoms. The Hall–Kier alpha value is -1.66. The van der Waals surface area contributed by atoms with Crippen molar-refractivity contribution in [3.05, 3.63) is 42.1 Å². The molecule has 0 aliphatic carbocycles. The average Bonchev–Trinajstić information content (AvgIpc) is 2.86. The van der Waals surface area contributed by atoms with E-state index in [-0.39, 0.29) is 12.4 Å². The van der Waals surface area contributed by atoms with Crippen LogP contribution in [0, 0.1) is 0 Å². The van der Waals surface area contributed by atoms with Crippen LogP contribution in [-0.4, -0.2) is 19.3 Å². The van der Waals surface area contributed by atoms with Gasteiger partial charge in [-0.3, -0.25) is 4.18 Å². The van der Waals surface area contributed by atoms with E-state index in [0.717, 1.165) is 5.56 Å². The van der Waals surface area contributed by atoms with Crippen LogP contribution in [0.1, 0.15) is 12.6 Å². The summed E-state index contributed by atoms with van der Waals surface area (Å²) >= 11 is 0. The van der Waals surface area contributed by atoms with Gasteiger partial charge in [0.15, 0.2) is 5.76 Å². The molecule has 2 rings (SSSR count). The van der Waals surface area contributed by atoms with E-state index in [9.17, 15) is 8.42 Å². The molecule has 6 heteroatoms. The summed E-state index contributed by atoms with van der Waals surface area (Å²) in [6.07, 6.45) is 0. The van der Waals surface area contributed by atoms with Gasteiger partial charge in [0.05, 0.1) is 5.75 Å². The molecule has 2 aromatic rings. The van der Waals surface area contributed by atoms with Crippen LogP contribution < -0.4 is 0 Å². The molecule has 0 bridgehead atoms. The third kappa shape index (κ3) is 3.18. The number of nitrogens with zero attached hydrogens (tertiary/aromatic N) is 1. The lowest BCUT2D eigenvalue weighted by Crippen LogP contribution is -2.07. The fourth-order valence-electron chi connectivity index (χ4n) is 1.35. The van der Waals surface area contributed by atoms with Gasteiger partial charge in [-0.1, -0.05) is 35.5 Å². The summed E-state index contributed by atoms with van der Waals surface area (Å²) in [5.74, 6) is 0.527. The minimum atomic E-state index is -3.45. The van der Waals surface area contributed by atoms with Crippen LogP contribution in [0.15, 0.2) is 40.9 Å². The Bertz CT molecular complexity index is 604. The molecule has 0 amide bonds. The third-order valence-electron chi connectivity index (χ3n) is 2.36. The van der Waals surface area contributed by atoms with Crippen LogP contribution >= 0.6 is 0 Å². The predicted molar refractivity (Wildman–Crippen MR) is 66.2 cm³/mol. The van der Waals surface area contributed by atoms with Gasteiger partial charge < -0.3 is 4.52 Å². The summed E-state index contributed by atoms with van der Waals surface area (Å²) in [5, 5.41) is 3.77. The van der Waals surface area contributed by atoms with Gasteiger partial charge in [0, 0.05) is 11.6 Å². The molecule has 1 aromatic carbocycles. The van der Waals surface area contributed by atoms with E-state index in [0.29, 0.717) is 11.5 Å². The zero-order chi connectivity index (χ0) is 13.0. The quantitative estimate of drug-likeness (QED) is 0.777. The number of hydrogen-bond acceptors (Lipinski definition) is 5. The Balaban J connectivity index is 2.08. The first-order valence-electron chi connectivity index (χ1n) is 5.49. The van der Waals surface area contributed by atoms with Crippen molar-refractivity contribution in [3.8, 4) is 11.3 Å². The lowest BCUT2D eigenvalue weighted by atomic mass is 10.2. The van der Waals surface area contributed by atoms with Gasteiger partial charge in [-0.05, 0) is 6.92 Å². The Kier molecular flexibility index (Phi) is 3.78. The zero-order valence-electron chi connectivity index (χ0n) is 9.87. The van der Waals surface area contributed by atoms with E-state index < -0.39 is 10.1 Å². The first kappa shape index (κ1) is 12.8. The van der Waals surface area contributed by atoms with Crippen molar-refractivity contribution in [1.29, 1.82) is 0 Å². The monoisotopic (exact) mass is 267 g/mol. The third-order valence-corrected chi connectivity index (χ3v) is 3.54. The SMILES string of the molecule is CCS(=O)(=O)OCc1cc(-c2ccccc2)on1. The molecule has 1 aromatic heterocycles. The minimum Gasteiger partial charge on any atom is -0.356 e. The number of aromatic nitrogens is 1. The molecule has 0 N–H and O–H groups in total. The molecule has 0 unspecified atom stereocenters. The molecule has 0 fully saturated rings. The van der Waals surface area contributed by atoms with Gasteiger partial charge >= 0.3 is 0 Å². The van der Waals surface area contributed by atoms with E-state index in [1.54, 1.807) is 6.07 Å². The second kappa shape index (κ2) is 5.32. The summed E-state index contributed by atoms with van der Waals surface area (Å²) in [6.45, 7) is 1.42. The molecule has 0 atom stereocenters. The summed E-state index contributed by atoms with van der Waals surface area (Å²) in [4.78, 5) is 0. The lowest BCUT2D eigenvalue weighted by Gasteiger charge is -1.98. The smallest absolute Gasteiger partial charge is 0.267 e. The normalized spacial score (nSPS) is 11.6. The fourth-order valence-corrected chi connectivity index (χ4v) is 1.82. The van der Waals surface area contributed by atoms with Gasteiger partial charge in [0.25, 0.3) is 10.1 Å². The second-order valence-corrected chi connectivity index (χ2v) is 5.59. The number of hydrogen-bond donors (Lipinski definition) is 0. The molecule has 0 saturated heterocycles. The number of benzene rings is 1. The summed E-state index contributed by atoms with van der Waals surface area (Å²) in [5.41, 5.74) is 1.33. The van der Waals surface area contributed by atoms with Crippen molar-refractivity contribution >= 4 is 10.1 Å². The molecule has 0 aliphatic heterocycles. The van der Waals surface area contributed by atoms with Crippen molar-refractivity contribution < 1.29 is 17.1 Å². The highest BCUT2D eigenvalue weighted by atomic mass is 32.2. The van der Waals surface area contributed by atoms with Crippen molar-refractivity contribution in [1.82, 2.24) is 5.16 Å². The van der Waals surface area contributed by atoms with Crippen molar-refractivity contribution in [2.75, 3.05) is 5.75 Å². The van der Waals surface area contributed by atoms with E-state index in [1.165, 1.54) is 6.92 Å². The summed E-state index contributed by atoms with van der Waals surface area (Å²) in [6, 6.07) is 11.1. The second-order valence-electron chi connectivity index (χ2n) is 3.66. The Morgan fingerprint density at radius 2 is 2.00 bits per heavy atom. The van der Waals surface area contributed by atoms with Crippen LogP contribution in [0.3, 0.4) is 0 Å². The highest BCUT2D eigenvalue weighted by molar-refractivity contribution is 7.86. The molecule has 1 heterocycles. The standard InChI is InChI=1S/C12H13NO4S/c1-2-18(14,15)16-9-11-8-12(17-13-11)10-6-4-3-5-7-10/h3-8H,2,9H2,1H3. The fraction of sp³-hybridized carbons (Fsp3) is 0.250. The van der Waals surface area contributed by atoms with Crippen molar-refractivity contribution in [3.63, 3.8) is 0 Å². The largest absolute Gasteiger partial charge is 0.356 e. The van der Waals surface area contributed by atoms with Crippen LogP contribution in [0.5, 0.6) is 0 Å². The molecule has 5 nitrogen and oxygen atoms in total. The molecular formula is C12H13NO4S. The van der Waals surface area contributed by atoms with Gasteiger partial charge in [0.2, 0.25) is 0 Å². The zero-order valence-corrected chi connectivity index (χ0v) is 10.7. The van der Waals surface area contributed by atoms with E-state index in [1.807, 2.05) is 30.3 Å². The Morgan fingerprint density at radius 3 is 2.67 bits per heavy atom. The van der Waals surface area contributed by atoms with Crippen LogP contribution in [0.2, 0.25) is 0 Å². The average molecular weight is 267 g/mol. The van der Waals surface area contributed by atoms with Gasteiger partial charge in [-0.25, -0.2) is 0 Å². The summed E-state index contributed by atoms with van der Waals surface area (Å²) < 4.78 is 32.2. The van der Waals surface area contributed by atoms with E-state index in [2.05, 4.69) is 5.16 Å². The molecule has 0 spiro atoms. The first-order chi connectivity index (χ1) is 8.61. The maximum absolute atomic E-state index is 11.2. The maximum Gasteiger partial charge on any atom is 0.267 e. The molecule has 0 saturated carbocycles. The molecule has 0 radical (unpaired) electrons. The van der Waals surface area contributed by atoms with Crippen molar-refractivity contribution in [2.24, 2.45) is 0 Å². The minimum absolute atomic E-state index is 0.0591. The highest BCUT2D eigenvalue weighted by Crippen LogP contribution is 2.20. The van der Waals surface area contributed by atoms with Crippen molar-refractivity contribution in [2.45, 2.75) is 13.5 Å². The van der Waals surface area contributed by atoms with Crippen LogP contribution in [0.25, 0.3) is 11.3 Å². The topological polar surface area (TPSA) is 69.4 Å². The lowest BCUT2D eigenvalue weighted by molar-refractivity contribution is 0.294. The highest BCUT2D eigenvalue weighted by Gasteiger charge is 2.11. The Labute approximate surface area is 105 Å².